The minimum absolute atomic E-state index is 0.483. The molecular formula is C12H19N3O2. The third-order valence-corrected chi connectivity index (χ3v) is 3.23. The lowest BCUT2D eigenvalue weighted by molar-refractivity contribution is 0.0614. The Bertz CT molecular complexity index is 389. The van der Waals surface area contributed by atoms with E-state index in [1.807, 2.05) is 0 Å². The monoisotopic (exact) mass is 237 g/mol. The summed E-state index contributed by atoms with van der Waals surface area (Å²) < 4.78 is 5.04. The maximum Gasteiger partial charge on any atom is 0.215 e. The molecule has 0 atom stereocenters. The van der Waals surface area contributed by atoms with Gasteiger partial charge in [0.2, 0.25) is 5.88 Å². The first-order valence-electron chi connectivity index (χ1n) is 5.90. The average Bonchev–Trinajstić information content (AvgIpc) is 2.76. The Kier molecular flexibility index (Phi) is 3.38. The van der Waals surface area contributed by atoms with E-state index in [1.165, 1.54) is 0 Å². The van der Waals surface area contributed by atoms with Gasteiger partial charge in [0.15, 0.2) is 5.82 Å². The average molecular weight is 237 g/mol. The number of anilines is 2. The maximum absolute atomic E-state index is 10.2. The van der Waals surface area contributed by atoms with Crippen molar-refractivity contribution in [2.45, 2.75) is 31.3 Å². The summed E-state index contributed by atoms with van der Waals surface area (Å²) in [7, 11) is 1.56. The second-order valence-electron chi connectivity index (χ2n) is 4.58. The zero-order chi connectivity index (χ0) is 12.3. The largest absolute Gasteiger partial charge is 0.481 e. The summed E-state index contributed by atoms with van der Waals surface area (Å²) in [6.45, 7) is 0.483. The minimum atomic E-state index is -0.614. The van der Waals surface area contributed by atoms with Crippen LogP contribution in [-0.4, -0.2) is 29.3 Å². The first-order valence-corrected chi connectivity index (χ1v) is 5.90. The number of methoxy groups -OCH3 is 1. The topological polar surface area (TPSA) is 80.4 Å². The summed E-state index contributed by atoms with van der Waals surface area (Å²) in [5, 5.41) is 13.3. The number of rotatable bonds is 4. The summed E-state index contributed by atoms with van der Waals surface area (Å²) in [5.41, 5.74) is 5.76. The number of nitrogen functional groups attached to an aromatic ring is 1. The van der Waals surface area contributed by atoms with Gasteiger partial charge < -0.3 is 20.9 Å². The fraction of sp³-hybridized carbons (Fsp3) is 0.583. The predicted molar refractivity (Wildman–Crippen MR) is 67.1 cm³/mol. The van der Waals surface area contributed by atoms with E-state index >= 15 is 0 Å². The SMILES string of the molecule is COc1ccc(N)c(NCC2(O)CCCC2)n1. The van der Waals surface area contributed by atoms with Gasteiger partial charge in [0, 0.05) is 12.6 Å². The van der Waals surface area contributed by atoms with Crippen LogP contribution in [0, 0.1) is 0 Å². The Morgan fingerprint density at radius 2 is 2.18 bits per heavy atom. The molecule has 0 aliphatic heterocycles. The lowest BCUT2D eigenvalue weighted by Gasteiger charge is -2.23. The van der Waals surface area contributed by atoms with E-state index in [0.717, 1.165) is 25.7 Å². The smallest absolute Gasteiger partial charge is 0.215 e. The van der Waals surface area contributed by atoms with Gasteiger partial charge in [-0.1, -0.05) is 12.8 Å². The van der Waals surface area contributed by atoms with E-state index in [4.69, 9.17) is 10.5 Å². The van der Waals surface area contributed by atoms with Crippen LogP contribution in [0.15, 0.2) is 12.1 Å². The Hall–Kier alpha value is -1.49. The molecule has 1 fully saturated rings. The molecule has 1 aromatic rings. The maximum atomic E-state index is 10.2. The number of nitrogens with two attached hydrogens (primary N) is 1. The number of pyridine rings is 1. The Labute approximate surface area is 101 Å². The van der Waals surface area contributed by atoms with Crippen molar-refractivity contribution in [1.29, 1.82) is 0 Å². The Morgan fingerprint density at radius 1 is 1.47 bits per heavy atom. The molecule has 0 aromatic carbocycles. The van der Waals surface area contributed by atoms with Crippen molar-refractivity contribution in [2.75, 3.05) is 24.7 Å². The molecule has 0 spiro atoms. The third-order valence-electron chi connectivity index (χ3n) is 3.23. The van der Waals surface area contributed by atoms with Gasteiger partial charge in [0.1, 0.15) is 0 Å². The molecule has 1 heterocycles. The van der Waals surface area contributed by atoms with Crippen LogP contribution in [0.1, 0.15) is 25.7 Å². The van der Waals surface area contributed by atoms with Gasteiger partial charge in [-0.2, -0.15) is 4.98 Å². The zero-order valence-electron chi connectivity index (χ0n) is 10.1. The van der Waals surface area contributed by atoms with Gasteiger partial charge in [0.25, 0.3) is 0 Å². The number of hydrogen-bond acceptors (Lipinski definition) is 5. The lowest BCUT2D eigenvalue weighted by Crippen LogP contribution is -2.33. The summed E-state index contributed by atoms with van der Waals surface area (Å²) in [4.78, 5) is 4.21. The van der Waals surface area contributed by atoms with Crippen LogP contribution < -0.4 is 15.8 Å². The van der Waals surface area contributed by atoms with Gasteiger partial charge in [-0.05, 0) is 18.9 Å². The van der Waals surface area contributed by atoms with Crippen LogP contribution >= 0.6 is 0 Å². The Morgan fingerprint density at radius 3 is 2.82 bits per heavy atom. The zero-order valence-corrected chi connectivity index (χ0v) is 10.1. The standard InChI is InChI=1S/C12H19N3O2/c1-17-10-5-4-9(13)11(15-10)14-8-12(16)6-2-3-7-12/h4-5,16H,2-3,6-8,13H2,1H3,(H,14,15). The first kappa shape index (κ1) is 12.0. The second kappa shape index (κ2) is 4.79. The summed E-state index contributed by atoms with van der Waals surface area (Å²) in [6.07, 6.45) is 3.84. The lowest BCUT2D eigenvalue weighted by atomic mass is 10.0. The highest BCUT2D eigenvalue weighted by Crippen LogP contribution is 2.30. The fourth-order valence-electron chi connectivity index (χ4n) is 2.17. The fourth-order valence-corrected chi connectivity index (χ4v) is 2.17. The molecule has 4 N–H and O–H groups in total. The highest BCUT2D eigenvalue weighted by Gasteiger charge is 2.30. The number of aliphatic hydroxyl groups is 1. The van der Waals surface area contributed by atoms with Crippen molar-refractivity contribution in [3.05, 3.63) is 12.1 Å². The highest BCUT2D eigenvalue weighted by molar-refractivity contribution is 5.62. The van der Waals surface area contributed by atoms with Gasteiger partial charge in [-0.15, -0.1) is 0 Å². The van der Waals surface area contributed by atoms with Crippen molar-refractivity contribution in [3.63, 3.8) is 0 Å². The van der Waals surface area contributed by atoms with Gasteiger partial charge in [-0.3, -0.25) is 0 Å². The van der Waals surface area contributed by atoms with E-state index in [9.17, 15) is 5.11 Å². The molecule has 2 rings (SSSR count). The first-order chi connectivity index (χ1) is 8.13. The molecule has 5 heteroatoms. The molecule has 1 saturated carbocycles. The molecule has 17 heavy (non-hydrogen) atoms. The van der Waals surface area contributed by atoms with E-state index in [1.54, 1.807) is 19.2 Å². The van der Waals surface area contributed by atoms with Gasteiger partial charge in [-0.25, -0.2) is 0 Å². The predicted octanol–water partition coefficient (Wildman–Crippen LogP) is 1.39. The molecule has 0 radical (unpaired) electrons. The second-order valence-corrected chi connectivity index (χ2v) is 4.58. The molecule has 0 saturated heterocycles. The van der Waals surface area contributed by atoms with Crippen molar-refractivity contribution in [1.82, 2.24) is 4.98 Å². The van der Waals surface area contributed by atoms with Gasteiger partial charge in [0.05, 0.1) is 18.4 Å². The van der Waals surface area contributed by atoms with E-state index in [2.05, 4.69) is 10.3 Å². The molecule has 5 nitrogen and oxygen atoms in total. The van der Waals surface area contributed by atoms with Crippen molar-refractivity contribution < 1.29 is 9.84 Å². The van der Waals surface area contributed by atoms with Crippen LogP contribution in [-0.2, 0) is 0 Å². The molecule has 0 amide bonds. The molecule has 0 bridgehead atoms. The summed E-state index contributed by atoms with van der Waals surface area (Å²) >= 11 is 0. The molecular weight excluding hydrogens is 218 g/mol. The number of hydrogen-bond donors (Lipinski definition) is 3. The van der Waals surface area contributed by atoms with E-state index < -0.39 is 5.60 Å². The van der Waals surface area contributed by atoms with Crippen LogP contribution in [0.4, 0.5) is 11.5 Å². The molecule has 1 aliphatic carbocycles. The van der Waals surface area contributed by atoms with Crippen LogP contribution in [0.2, 0.25) is 0 Å². The summed E-state index contributed by atoms with van der Waals surface area (Å²) in [5.74, 6) is 1.09. The van der Waals surface area contributed by atoms with Crippen molar-refractivity contribution in [3.8, 4) is 5.88 Å². The van der Waals surface area contributed by atoms with E-state index in [0.29, 0.717) is 23.9 Å². The number of nitrogens with one attached hydrogen (secondary N) is 1. The number of aromatic nitrogens is 1. The molecule has 94 valence electrons. The quantitative estimate of drug-likeness (QED) is 0.737. The van der Waals surface area contributed by atoms with E-state index in [-0.39, 0.29) is 0 Å². The molecule has 1 aromatic heterocycles. The van der Waals surface area contributed by atoms with Crippen LogP contribution in [0.3, 0.4) is 0 Å². The Balaban J connectivity index is 2.02. The summed E-state index contributed by atoms with van der Waals surface area (Å²) in [6, 6.07) is 3.46. The normalized spacial score (nSPS) is 18.0. The van der Waals surface area contributed by atoms with Crippen molar-refractivity contribution in [2.24, 2.45) is 0 Å². The minimum Gasteiger partial charge on any atom is -0.481 e. The highest BCUT2D eigenvalue weighted by atomic mass is 16.5. The number of nitrogens with zero attached hydrogens (tertiary/aromatic N) is 1. The van der Waals surface area contributed by atoms with Crippen LogP contribution in [0.5, 0.6) is 5.88 Å². The van der Waals surface area contributed by atoms with Crippen molar-refractivity contribution >= 4 is 11.5 Å². The van der Waals surface area contributed by atoms with Crippen LogP contribution in [0.25, 0.3) is 0 Å². The molecule has 0 unspecified atom stereocenters. The van der Waals surface area contributed by atoms with Gasteiger partial charge >= 0.3 is 0 Å². The third kappa shape index (κ3) is 2.79. The molecule has 1 aliphatic rings. The number of ether oxygens (including phenoxy) is 1.